The predicted molar refractivity (Wildman–Crippen MR) is 89.1 cm³/mol. The van der Waals surface area contributed by atoms with Crippen molar-refractivity contribution >= 4 is 17.4 Å². The van der Waals surface area contributed by atoms with Gasteiger partial charge in [-0.1, -0.05) is 24.3 Å². The average Bonchev–Trinajstić information content (AvgIpc) is 3.08. The molecule has 2 aromatic carbocycles. The first-order chi connectivity index (χ1) is 10.4. The molecule has 106 valence electrons. The molecule has 0 atom stereocenters. The molecule has 1 heterocycles. The van der Waals surface area contributed by atoms with Gasteiger partial charge in [-0.05, 0) is 36.1 Å². The number of benzene rings is 2. The molecule has 4 heteroatoms. The smallest absolute Gasteiger partial charge is 0.0991 e. The van der Waals surface area contributed by atoms with Crippen molar-refractivity contribution in [2.45, 2.75) is 11.4 Å². The van der Waals surface area contributed by atoms with Gasteiger partial charge in [-0.25, -0.2) is 4.98 Å². The largest absolute Gasteiger partial charge is 0.380 e. The summed E-state index contributed by atoms with van der Waals surface area (Å²) < 4.78 is 2.00. The van der Waals surface area contributed by atoms with Crippen LogP contribution in [0.3, 0.4) is 0 Å². The molecule has 3 aromatic rings. The molecule has 0 aliphatic heterocycles. The molecule has 0 unspecified atom stereocenters. The molecule has 3 nitrogen and oxygen atoms in total. The Morgan fingerprint density at radius 2 is 1.90 bits per heavy atom. The van der Waals surface area contributed by atoms with E-state index in [-0.39, 0.29) is 0 Å². The van der Waals surface area contributed by atoms with Crippen molar-refractivity contribution in [3.63, 3.8) is 0 Å². The van der Waals surface area contributed by atoms with Gasteiger partial charge in [-0.3, -0.25) is 0 Å². The van der Waals surface area contributed by atoms with Crippen LogP contribution in [-0.4, -0.2) is 15.8 Å². The lowest BCUT2D eigenvalue weighted by Crippen LogP contribution is -2.00. The van der Waals surface area contributed by atoms with E-state index < -0.39 is 0 Å². The number of nitrogens with zero attached hydrogens (tertiary/aromatic N) is 2. The standard InChI is InChI=1S/C17H17N3S/c1-21-17-5-3-2-4-16(17)19-12-14-6-8-15(9-7-14)20-11-10-18-13-20/h2-11,13,19H,12H2,1H3. The van der Waals surface area contributed by atoms with Gasteiger partial charge < -0.3 is 9.88 Å². The highest BCUT2D eigenvalue weighted by molar-refractivity contribution is 7.98. The highest BCUT2D eigenvalue weighted by atomic mass is 32.2. The van der Waals surface area contributed by atoms with Gasteiger partial charge >= 0.3 is 0 Å². The van der Waals surface area contributed by atoms with E-state index in [0.29, 0.717) is 0 Å². The second kappa shape index (κ2) is 6.50. The lowest BCUT2D eigenvalue weighted by Gasteiger charge is -2.11. The third-order valence-corrected chi connectivity index (χ3v) is 4.12. The van der Waals surface area contributed by atoms with Crippen molar-refractivity contribution in [2.24, 2.45) is 0 Å². The summed E-state index contributed by atoms with van der Waals surface area (Å²) >= 11 is 1.76. The molecule has 3 rings (SSSR count). The Labute approximate surface area is 129 Å². The molecule has 0 radical (unpaired) electrons. The quantitative estimate of drug-likeness (QED) is 0.715. The first-order valence-corrected chi connectivity index (χ1v) is 8.03. The number of rotatable bonds is 5. The first kappa shape index (κ1) is 13.8. The van der Waals surface area contributed by atoms with Crippen molar-refractivity contribution in [1.82, 2.24) is 9.55 Å². The van der Waals surface area contributed by atoms with Crippen molar-refractivity contribution in [3.8, 4) is 5.69 Å². The van der Waals surface area contributed by atoms with Crippen LogP contribution in [0.4, 0.5) is 5.69 Å². The molecule has 1 N–H and O–H groups in total. The summed E-state index contributed by atoms with van der Waals surface area (Å²) in [6.45, 7) is 0.821. The third kappa shape index (κ3) is 3.28. The number of aromatic nitrogens is 2. The molecule has 0 spiro atoms. The van der Waals surface area contributed by atoms with Crippen LogP contribution >= 0.6 is 11.8 Å². The fourth-order valence-corrected chi connectivity index (χ4v) is 2.76. The highest BCUT2D eigenvalue weighted by Crippen LogP contribution is 2.25. The Hall–Kier alpha value is -2.20. The van der Waals surface area contributed by atoms with Crippen LogP contribution in [0.15, 0.2) is 72.1 Å². The summed E-state index contributed by atoms with van der Waals surface area (Å²) in [7, 11) is 0. The summed E-state index contributed by atoms with van der Waals surface area (Å²) in [5.41, 5.74) is 3.57. The van der Waals surface area contributed by atoms with Gasteiger partial charge in [0, 0.05) is 35.2 Å². The normalized spacial score (nSPS) is 10.5. The summed E-state index contributed by atoms with van der Waals surface area (Å²) in [6, 6.07) is 16.9. The zero-order chi connectivity index (χ0) is 14.5. The van der Waals surface area contributed by atoms with Gasteiger partial charge in [0.2, 0.25) is 0 Å². The molecule has 0 fully saturated rings. The molecule has 0 aliphatic rings. The molecule has 0 amide bonds. The summed E-state index contributed by atoms with van der Waals surface area (Å²) in [4.78, 5) is 5.34. The lowest BCUT2D eigenvalue weighted by molar-refractivity contribution is 1.05. The van der Waals surface area contributed by atoms with Crippen LogP contribution in [0, 0.1) is 0 Å². The van der Waals surface area contributed by atoms with Crippen LogP contribution in [0.1, 0.15) is 5.56 Å². The molecule has 0 saturated heterocycles. The SMILES string of the molecule is CSc1ccccc1NCc1ccc(-n2ccnc2)cc1. The second-order valence-electron chi connectivity index (χ2n) is 4.69. The van der Waals surface area contributed by atoms with Crippen molar-refractivity contribution in [2.75, 3.05) is 11.6 Å². The summed E-state index contributed by atoms with van der Waals surface area (Å²) in [6.07, 6.45) is 7.64. The number of thioether (sulfide) groups is 1. The predicted octanol–water partition coefficient (Wildman–Crippen LogP) is 4.21. The Bertz CT molecular complexity index is 690. The van der Waals surface area contributed by atoms with E-state index in [1.807, 2.05) is 17.1 Å². The van der Waals surface area contributed by atoms with Crippen LogP contribution in [-0.2, 0) is 6.54 Å². The van der Waals surface area contributed by atoms with E-state index in [2.05, 4.69) is 65.1 Å². The summed E-state index contributed by atoms with van der Waals surface area (Å²) in [5.74, 6) is 0. The Kier molecular flexibility index (Phi) is 4.26. The van der Waals surface area contributed by atoms with Gasteiger partial charge in [0.1, 0.15) is 0 Å². The molecule has 0 aliphatic carbocycles. The van der Waals surface area contributed by atoms with E-state index >= 15 is 0 Å². The van der Waals surface area contributed by atoms with E-state index in [0.717, 1.165) is 12.2 Å². The highest BCUT2D eigenvalue weighted by Gasteiger charge is 2.00. The number of imidazole rings is 1. The Morgan fingerprint density at radius 1 is 1.10 bits per heavy atom. The maximum absolute atomic E-state index is 4.06. The number of hydrogen-bond acceptors (Lipinski definition) is 3. The average molecular weight is 295 g/mol. The monoisotopic (exact) mass is 295 g/mol. The van der Waals surface area contributed by atoms with Gasteiger partial charge in [-0.2, -0.15) is 0 Å². The number of anilines is 1. The number of nitrogens with one attached hydrogen (secondary N) is 1. The number of hydrogen-bond donors (Lipinski definition) is 1. The molecule has 0 bridgehead atoms. The van der Waals surface area contributed by atoms with E-state index in [4.69, 9.17) is 0 Å². The minimum atomic E-state index is 0.821. The van der Waals surface area contributed by atoms with Gasteiger partial charge in [0.25, 0.3) is 0 Å². The fraction of sp³-hybridized carbons (Fsp3) is 0.118. The molecular weight excluding hydrogens is 278 g/mol. The van der Waals surface area contributed by atoms with Crippen molar-refractivity contribution in [1.29, 1.82) is 0 Å². The van der Waals surface area contributed by atoms with E-state index in [1.165, 1.54) is 16.1 Å². The van der Waals surface area contributed by atoms with Gasteiger partial charge in [-0.15, -0.1) is 11.8 Å². The molecule has 21 heavy (non-hydrogen) atoms. The zero-order valence-electron chi connectivity index (χ0n) is 11.9. The van der Waals surface area contributed by atoms with Gasteiger partial charge in [0.05, 0.1) is 6.33 Å². The molecule has 1 aromatic heterocycles. The van der Waals surface area contributed by atoms with E-state index in [9.17, 15) is 0 Å². The topological polar surface area (TPSA) is 29.9 Å². The second-order valence-corrected chi connectivity index (χ2v) is 5.54. The minimum Gasteiger partial charge on any atom is -0.380 e. The molecular formula is C17H17N3S. The first-order valence-electron chi connectivity index (χ1n) is 6.81. The Morgan fingerprint density at radius 3 is 2.62 bits per heavy atom. The number of para-hydroxylation sites is 1. The lowest BCUT2D eigenvalue weighted by atomic mass is 10.2. The van der Waals surface area contributed by atoms with Crippen LogP contribution in [0.2, 0.25) is 0 Å². The van der Waals surface area contributed by atoms with Crippen LogP contribution < -0.4 is 5.32 Å². The summed E-state index contributed by atoms with van der Waals surface area (Å²) in [5, 5.41) is 3.49. The van der Waals surface area contributed by atoms with E-state index in [1.54, 1.807) is 18.0 Å². The maximum Gasteiger partial charge on any atom is 0.0991 e. The fourth-order valence-electron chi connectivity index (χ4n) is 2.19. The van der Waals surface area contributed by atoms with Crippen LogP contribution in [0.25, 0.3) is 5.69 Å². The maximum atomic E-state index is 4.06. The third-order valence-electron chi connectivity index (χ3n) is 3.33. The molecule has 0 saturated carbocycles. The van der Waals surface area contributed by atoms with Crippen molar-refractivity contribution < 1.29 is 0 Å². The Balaban J connectivity index is 1.68. The van der Waals surface area contributed by atoms with Gasteiger partial charge in [0.15, 0.2) is 0 Å². The van der Waals surface area contributed by atoms with Crippen molar-refractivity contribution in [3.05, 3.63) is 72.8 Å². The zero-order valence-corrected chi connectivity index (χ0v) is 12.7. The van der Waals surface area contributed by atoms with Crippen LogP contribution in [0.5, 0.6) is 0 Å². The minimum absolute atomic E-state index is 0.821.